The summed E-state index contributed by atoms with van der Waals surface area (Å²) >= 11 is 0. The Kier molecular flexibility index (Phi) is 2.71. The van der Waals surface area contributed by atoms with E-state index < -0.39 is 5.91 Å². The maximum absolute atomic E-state index is 12.2. The van der Waals surface area contributed by atoms with Gasteiger partial charge in [0.25, 0.3) is 5.91 Å². The average Bonchev–Trinajstić information content (AvgIpc) is 2.89. The molecule has 1 aliphatic rings. The molecule has 1 aliphatic carbocycles. The third-order valence-electron chi connectivity index (χ3n) is 3.56. The molecule has 2 aromatic rings. The van der Waals surface area contributed by atoms with Crippen molar-refractivity contribution in [3.05, 3.63) is 63.6 Å². The molecule has 0 spiro atoms. The number of carbonyl (C=O) groups excluding carboxylic acids is 1. The van der Waals surface area contributed by atoms with Crippen molar-refractivity contribution < 1.29 is 4.79 Å². The van der Waals surface area contributed by atoms with Gasteiger partial charge < -0.3 is 10.3 Å². The zero-order valence-corrected chi connectivity index (χ0v) is 10.4. The molecule has 0 saturated heterocycles. The van der Waals surface area contributed by atoms with Crippen molar-refractivity contribution in [2.75, 3.05) is 0 Å². The van der Waals surface area contributed by atoms with Crippen LogP contribution in [0.15, 0.2) is 41.3 Å². The number of amides is 1. The van der Waals surface area contributed by atoms with E-state index >= 15 is 0 Å². The molecule has 0 unspecified atom stereocenters. The first kappa shape index (κ1) is 11.7. The van der Waals surface area contributed by atoms with Crippen LogP contribution in [0.3, 0.4) is 0 Å². The molecule has 0 fully saturated rings. The molecule has 0 atom stereocenters. The van der Waals surface area contributed by atoms with Crippen molar-refractivity contribution in [2.24, 2.45) is 5.73 Å². The van der Waals surface area contributed by atoms with Gasteiger partial charge in [-0.05, 0) is 31.4 Å². The summed E-state index contributed by atoms with van der Waals surface area (Å²) in [6.45, 7) is 0. The number of primary amides is 1. The fourth-order valence-electron chi connectivity index (χ4n) is 2.66. The topological polar surface area (TPSA) is 65.1 Å². The number of aromatic nitrogens is 1. The third kappa shape index (κ3) is 1.85. The molecule has 19 heavy (non-hydrogen) atoms. The van der Waals surface area contributed by atoms with Gasteiger partial charge >= 0.3 is 0 Å². The summed E-state index contributed by atoms with van der Waals surface area (Å²) in [4.78, 5) is 23.6. The normalized spacial score (nSPS) is 13.3. The minimum absolute atomic E-state index is 0.0736. The zero-order chi connectivity index (χ0) is 13.4. The van der Waals surface area contributed by atoms with E-state index in [-0.39, 0.29) is 11.0 Å². The van der Waals surface area contributed by atoms with Gasteiger partial charge in [0.2, 0.25) is 0 Å². The third-order valence-corrected chi connectivity index (χ3v) is 3.56. The van der Waals surface area contributed by atoms with E-state index in [1.165, 1.54) is 0 Å². The van der Waals surface area contributed by atoms with Crippen LogP contribution in [0.25, 0.3) is 5.69 Å². The van der Waals surface area contributed by atoms with Crippen molar-refractivity contribution in [3.63, 3.8) is 0 Å². The Labute approximate surface area is 110 Å². The Morgan fingerprint density at radius 1 is 1.16 bits per heavy atom. The molecule has 2 N–H and O–H groups in total. The lowest BCUT2D eigenvalue weighted by Gasteiger charge is -2.14. The lowest BCUT2D eigenvalue weighted by Crippen LogP contribution is -2.26. The molecule has 4 heteroatoms. The van der Waals surface area contributed by atoms with Crippen LogP contribution < -0.4 is 11.2 Å². The molecular formula is C15H14N2O2. The van der Waals surface area contributed by atoms with E-state index in [4.69, 9.17) is 5.73 Å². The minimum Gasteiger partial charge on any atom is -0.365 e. The molecule has 3 rings (SSSR count). The summed E-state index contributed by atoms with van der Waals surface area (Å²) in [6, 6.07) is 9.69. The Morgan fingerprint density at radius 3 is 2.58 bits per heavy atom. The van der Waals surface area contributed by atoms with Gasteiger partial charge in [0.1, 0.15) is 5.56 Å². The number of para-hydroxylation sites is 1. The van der Waals surface area contributed by atoms with E-state index in [9.17, 15) is 9.59 Å². The van der Waals surface area contributed by atoms with Gasteiger partial charge in [0, 0.05) is 23.1 Å². The number of fused-ring (bicyclic) bond motifs is 1. The zero-order valence-electron chi connectivity index (χ0n) is 10.4. The van der Waals surface area contributed by atoms with Gasteiger partial charge in [-0.25, -0.2) is 0 Å². The van der Waals surface area contributed by atoms with Crippen LogP contribution in [0, 0.1) is 0 Å². The molecule has 1 aromatic heterocycles. The highest BCUT2D eigenvalue weighted by Crippen LogP contribution is 2.22. The van der Waals surface area contributed by atoms with Gasteiger partial charge in [0.15, 0.2) is 5.43 Å². The van der Waals surface area contributed by atoms with E-state index in [0.29, 0.717) is 0 Å². The van der Waals surface area contributed by atoms with Gasteiger partial charge in [-0.1, -0.05) is 18.2 Å². The van der Waals surface area contributed by atoms with Gasteiger partial charge in [-0.2, -0.15) is 0 Å². The predicted molar refractivity (Wildman–Crippen MR) is 72.6 cm³/mol. The number of carbonyl (C=O) groups is 1. The maximum atomic E-state index is 12.2. The molecule has 0 bridgehead atoms. The lowest BCUT2D eigenvalue weighted by atomic mass is 10.1. The molecule has 0 saturated carbocycles. The van der Waals surface area contributed by atoms with E-state index in [1.54, 1.807) is 6.20 Å². The van der Waals surface area contributed by atoms with E-state index in [0.717, 1.165) is 36.2 Å². The Balaban J connectivity index is 2.31. The Morgan fingerprint density at radius 2 is 1.89 bits per heavy atom. The standard InChI is InChI=1S/C15H14N2O2/c16-15(19)12-9-17(10-5-2-1-3-6-10)13-8-4-7-11(13)14(12)18/h1-3,5-6,9H,4,7-8H2,(H2,16,19). The SMILES string of the molecule is NC(=O)c1cn(-c2ccccc2)c2c(c1=O)CCC2. The van der Waals surface area contributed by atoms with Crippen molar-refractivity contribution in [3.8, 4) is 5.69 Å². The monoisotopic (exact) mass is 254 g/mol. The maximum Gasteiger partial charge on any atom is 0.254 e. The van der Waals surface area contributed by atoms with Crippen LogP contribution in [0.2, 0.25) is 0 Å². The summed E-state index contributed by atoms with van der Waals surface area (Å²) < 4.78 is 1.92. The second-order valence-corrected chi connectivity index (χ2v) is 4.72. The summed E-state index contributed by atoms with van der Waals surface area (Å²) in [5.74, 6) is -0.663. The Hall–Kier alpha value is -2.36. The summed E-state index contributed by atoms with van der Waals surface area (Å²) in [5, 5.41) is 0. The second-order valence-electron chi connectivity index (χ2n) is 4.72. The van der Waals surface area contributed by atoms with E-state index in [2.05, 4.69) is 0 Å². The lowest BCUT2D eigenvalue weighted by molar-refractivity contribution is 0.0998. The van der Waals surface area contributed by atoms with Gasteiger partial charge in [0.05, 0.1) is 0 Å². The van der Waals surface area contributed by atoms with Crippen molar-refractivity contribution in [2.45, 2.75) is 19.3 Å². The average molecular weight is 254 g/mol. The van der Waals surface area contributed by atoms with Crippen LogP contribution in [0.1, 0.15) is 28.0 Å². The molecule has 96 valence electrons. The van der Waals surface area contributed by atoms with Crippen LogP contribution >= 0.6 is 0 Å². The highest BCUT2D eigenvalue weighted by atomic mass is 16.2. The molecule has 0 aliphatic heterocycles. The molecule has 4 nitrogen and oxygen atoms in total. The highest BCUT2D eigenvalue weighted by Gasteiger charge is 2.22. The fraction of sp³-hybridized carbons (Fsp3) is 0.200. The van der Waals surface area contributed by atoms with Crippen LogP contribution in [-0.2, 0) is 12.8 Å². The molecule has 1 heterocycles. The first-order chi connectivity index (χ1) is 9.18. The highest BCUT2D eigenvalue weighted by molar-refractivity contribution is 5.92. The van der Waals surface area contributed by atoms with Crippen LogP contribution in [-0.4, -0.2) is 10.5 Å². The first-order valence-electron chi connectivity index (χ1n) is 6.31. The second kappa shape index (κ2) is 4.39. The number of hydrogen-bond acceptors (Lipinski definition) is 2. The minimum atomic E-state index is -0.663. The van der Waals surface area contributed by atoms with Gasteiger partial charge in [-0.3, -0.25) is 9.59 Å². The predicted octanol–water partition coefficient (Wildman–Crippen LogP) is 1.43. The summed E-state index contributed by atoms with van der Waals surface area (Å²) in [7, 11) is 0. The molecule has 0 radical (unpaired) electrons. The largest absolute Gasteiger partial charge is 0.365 e. The molecule has 1 aromatic carbocycles. The number of rotatable bonds is 2. The number of benzene rings is 1. The smallest absolute Gasteiger partial charge is 0.254 e. The van der Waals surface area contributed by atoms with Crippen molar-refractivity contribution in [1.29, 1.82) is 0 Å². The van der Waals surface area contributed by atoms with Crippen LogP contribution in [0.5, 0.6) is 0 Å². The van der Waals surface area contributed by atoms with Crippen molar-refractivity contribution >= 4 is 5.91 Å². The number of pyridine rings is 1. The first-order valence-corrected chi connectivity index (χ1v) is 6.31. The number of nitrogens with zero attached hydrogens (tertiary/aromatic N) is 1. The fourth-order valence-corrected chi connectivity index (χ4v) is 2.66. The summed E-state index contributed by atoms with van der Waals surface area (Å²) in [5.41, 5.74) is 7.86. The quantitative estimate of drug-likeness (QED) is 0.881. The van der Waals surface area contributed by atoms with E-state index in [1.807, 2.05) is 34.9 Å². The Bertz CT molecular complexity index is 702. The van der Waals surface area contributed by atoms with Crippen molar-refractivity contribution in [1.82, 2.24) is 4.57 Å². The van der Waals surface area contributed by atoms with Crippen LogP contribution in [0.4, 0.5) is 0 Å². The molecular weight excluding hydrogens is 240 g/mol. The van der Waals surface area contributed by atoms with Gasteiger partial charge in [-0.15, -0.1) is 0 Å². The molecule has 1 amide bonds. The number of nitrogens with two attached hydrogens (primary N) is 1. The summed E-state index contributed by atoms with van der Waals surface area (Å²) in [6.07, 6.45) is 4.10. The number of hydrogen-bond donors (Lipinski definition) is 1.